The van der Waals surface area contributed by atoms with Gasteiger partial charge in [0, 0.05) is 40.8 Å². The fourth-order valence-electron chi connectivity index (χ4n) is 3.99. The number of imidazole rings is 1. The van der Waals surface area contributed by atoms with E-state index in [2.05, 4.69) is 28.6 Å². The lowest BCUT2D eigenvalue weighted by Gasteiger charge is -2.17. The topological polar surface area (TPSA) is 50.2 Å². The summed E-state index contributed by atoms with van der Waals surface area (Å²) in [6, 6.07) is 21.1. The van der Waals surface area contributed by atoms with Crippen molar-refractivity contribution in [3.63, 3.8) is 0 Å². The lowest BCUT2D eigenvalue weighted by molar-refractivity contribution is 0.0949. The smallest absolute Gasteiger partial charge is 0.251 e. The highest BCUT2D eigenvalue weighted by molar-refractivity contribution is 6.30. The van der Waals surface area contributed by atoms with E-state index in [4.69, 9.17) is 28.2 Å². The number of nitrogens with one attached hydrogen (secondary N) is 1. The Morgan fingerprint density at radius 3 is 2.24 bits per heavy atom. The molecule has 0 aliphatic rings. The highest BCUT2D eigenvalue weighted by Gasteiger charge is 2.16. The van der Waals surface area contributed by atoms with E-state index >= 15 is 0 Å². The third-order valence-electron chi connectivity index (χ3n) is 5.97. The van der Waals surface area contributed by atoms with Crippen LogP contribution >= 0.6 is 23.2 Å². The standard InChI is InChI=1S/C27H28Cl2N4O/c1-3-32(4-2)16-15-30-27(34)21-9-14-25-24(17-21)31-26(20-7-12-23(29)13-8-20)33(25)18-19-5-10-22(28)11-6-19/h5-14,17H,3-4,15-16,18H2,1-2H3,(H,30,34). The number of fused-ring (bicyclic) bond motifs is 1. The lowest BCUT2D eigenvalue weighted by Crippen LogP contribution is -2.34. The van der Waals surface area contributed by atoms with Crippen molar-refractivity contribution in [2.24, 2.45) is 0 Å². The second-order valence-electron chi connectivity index (χ2n) is 8.14. The second-order valence-corrected chi connectivity index (χ2v) is 9.01. The molecule has 7 heteroatoms. The summed E-state index contributed by atoms with van der Waals surface area (Å²) in [7, 11) is 0. The quantitative estimate of drug-likeness (QED) is 0.304. The van der Waals surface area contributed by atoms with Gasteiger partial charge in [0.1, 0.15) is 5.82 Å². The highest BCUT2D eigenvalue weighted by atomic mass is 35.5. The average Bonchev–Trinajstić information content (AvgIpc) is 3.21. The maximum atomic E-state index is 12.8. The van der Waals surface area contributed by atoms with Gasteiger partial charge in [-0.3, -0.25) is 4.79 Å². The summed E-state index contributed by atoms with van der Waals surface area (Å²) in [5.41, 5.74) is 4.40. The maximum Gasteiger partial charge on any atom is 0.251 e. The molecule has 0 saturated carbocycles. The molecular weight excluding hydrogens is 467 g/mol. The van der Waals surface area contributed by atoms with Gasteiger partial charge in [-0.2, -0.15) is 0 Å². The minimum absolute atomic E-state index is 0.0886. The Kier molecular flexibility index (Phi) is 7.88. The number of hydrogen-bond acceptors (Lipinski definition) is 3. The zero-order valence-electron chi connectivity index (χ0n) is 19.4. The van der Waals surface area contributed by atoms with Crippen LogP contribution in [0.5, 0.6) is 0 Å². The van der Waals surface area contributed by atoms with Gasteiger partial charge in [0.25, 0.3) is 5.91 Å². The van der Waals surface area contributed by atoms with Crippen LogP contribution in [0.1, 0.15) is 29.8 Å². The van der Waals surface area contributed by atoms with Crippen molar-refractivity contribution < 1.29 is 4.79 Å². The molecule has 5 nitrogen and oxygen atoms in total. The Labute approximate surface area is 210 Å². The number of carbonyl (C=O) groups excluding carboxylic acids is 1. The Morgan fingerprint density at radius 1 is 0.941 bits per heavy atom. The van der Waals surface area contributed by atoms with Crippen molar-refractivity contribution in [2.45, 2.75) is 20.4 Å². The molecule has 0 aliphatic carbocycles. The molecule has 0 saturated heterocycles. The summed E-state index contributed by atoms with van der Waals surface area (Å²) in [4.78, 5) is 20.0. The summed E-state index contributed by atoms with van der Waals surface area (Å²) < 4.78 is 2.16. The van der Waals surface area contributed by atoms with Crippen LogP contribution in [0.4, 0.5) is 0 Å². The van der Waals surface area contributed by atoms with Crippen LogP contribution in [0.3, 0.4) is 0 Å². The van der Waals surface area contributed by atoms with Crippen molar-refractivity contribution in [1.29, 1.82) is 0 Å². The molecule has 34 heavy (non-hydrogen) atoms. The third-order valence-corrected chi connectivity index (χ3v) is 6.48. The Balaban J connectivity index is 1.66. The summed E-state index contributed by atoms with van der Waals surface area (Å²) >= 11 is 12.2. The lowest BCUT2D eigenvalue weighted by atomic mass is 10.1. The Hall–Kier alpha value is -2.86. The van der Waals surface area contributed by atoms with E-state index < -0.39 is 0 Å². The minimum atomic E-state index is -0.0886. The van der Waals surface area contributed by atoms with E-state index in [0.29, 0.717) is 28.7 Å². The summed E-state index contributed by atoms with van der Waals surface area (Å²) in [5.74, 6) is 0.732. The van der Waals surface area contributed by atoms with Gasteiger partial charge in [-0.05, 0) is 73.3 Å². The molecule has 0 unspecified atom stereocenters. The van der Waals surface area contributed by atoms with Crippen LogP contribution in [0, 0.1) is 0 Å². The van der Waals surface area contributed by atoms with Crippen molar-refractivity contribution in [1.82, 2.24) is 19.8 Å². The number of benzene rings is 3. The number of amides is 1. The number of carbonyl (C=O) groups is 1. The summed E-state index contributed by atoms with van der Waals surface area (Å²) in [6.07, 6.45) is 0. The van der Waals surface area contributed by atoms with Gasteiger partial charge in [-0.1, -0.05) is 49.2 Å². The number of nitrogens with zero attached hydrogens (tertiary/aromatic N) is 3. The van der Waals surface area contributed by atoms with Gasteiger partial charge >= 0.3 is 0 Å². The molecule has 0 spiro atoms. The van der Waals surface area contributed by atoms with E-state index in [0.717, 1.165) is 47.6 Å². The molecule has 1 aromatic heterocycles. The molecular formula is C27H28Cl2N4O. The van der Waals surface area contributed by atoms with Crippen molar-refractivity contribution in [3.8, 4) is 11.4 Å². The van der Waals surface area contributed by atoms with E-state index in [1.165, 1.54) is 0 Å². The van der Waals surface area contributed by atoms with E-state index in [1.807, 2.05) is 66.7 Å². The number of likely N-dealkylation sites (N-methyl/N-ethyl adjacent to an activating group) is 1. The first kappa shape index (κ1) is 24.3. The summed E-state index contributed by atoms with van der Waals surface area (Å²) in [6.45, 7) is 8.25. The number of rotatable bonds is 9. The molecule has 0 bridgehead atoms. The number of aromatic nitrogens is 2. The first-order valence-electron chi connectivity index (χ1n) is 11.5. The Morgan fingerprint density at radius 2 is 1.59 bits per heavy atom. The van der Waals surface area contributed by atoms with Crippen LogP contribution in [0.25, 0.3) is 22.4 Å². The van der Waals surface area contributed by atoms with Gasteiger partial charge in [0.05, 0.1) is 11.0 Å². The first-order valence-corrected chi connectivity index (χ1v) is 12.2. The number of hydrogen-bond donors (Lipinski definition) is 1. The maximum absolute atomic E-state index is 12.8. The molecule has 0 fully saturated rings. The summed E-state index contributed by atoms with van der Waals surface area (Å²) in [5, 5.41) is 4.40. The molecule has 3 aromatic carbocycles. The normalized spacial score (nSPS) is 11.3. The predicted molar refractivity (Wildman–Crippen MR) is 141 cm³/mol. The monoisotopic (exact) mass is 494 g/mol. The Bertz CT molecular complexity index is 1260. The van der Waals surface area contributed by atoms with Crippen molar-refractivity contribution >= 4 is 40.1 Å². The third kappa shape index (κ3) is 5.61. The molecule has 1 N–H and O–H groups in total. The van der Waals surface area contributed by atoms with E-state index in [9.17, 15) is 4.79 Å². The largest absolute Gasteiger partial charge is 0.351 e. The average molecular weight is 495 g/mol. The van der Waals surface area contributed by atoms with Crippen LogP contribution in [-0.4, -0.2) is 46.5 Å². The highest BCUT2D eigenvalue weighted by Crippen LogP contribution is 2.28. The van der Waals surface area contributed by atoms with Crippen LogP contribution in [-0.2, 0) is 6.54 Å². The van der Waals surface area contributed by atoms with Crippen LogP contribution < -0.4 is 5.32 Å². The fourth-order valence-corrected chi connectivity index (χ4v) is 4.24. The first-order chi connectivity index (χ1) is 16.5. The van der Waals surface area contributed by atoms with E-state index in [1.54, 1.807) is 0 Å². The second kappa shape index (κ2) is 11.0. The molecule has 4 rings (SSSR count). The van der Waals surface area contributed by atoms with Crippen LogP contribution in [0.2, 0.25) is 10.0 Å². The van der Waals surface area contributed by atoms with E-state index in [-0.39, 0.29) is 5.91 Å². The van der Waals surface area contributed by atoms with Crippen molar-refractivity contribution in [2.75, 3.05) is 26.2 Å². The molecule has 4 aromatic rings. The molecule has 0 atom stereocenters. The fraction of sp³-hybridized carbons (Fsp3) is 0.259. The van der Waals surface area contributed by atoms with Crippen molar-refractivity contribution in [3.05, 3.63) is 87.9 Å². The molecule has 1 amide bonds. The van der Waals surface area contributed by atoms with Gasteiger partial charge < -0.3 is 14.8 Å². The number of halogens is 2. The van der Waals surface area contributed by atoms with Gasteiger partial charge in [0.2, 0.25) is 0 Å². The zero-order valence-corrected chi connectivity index (χ0v) is 20.9. The minimum Gasteiger partial charge on any atom is -0.351 e. The molecule has 176 valence electrons. The van der Waals surface area contributed by atoms with Gasteiger partial charge in [-0.15, -0.1) is 0 Å². The molecule has 0 radical (unpaired) electrons. The van der Waals surface area contributed by atoms with Crippen LogP contribution in [0.15, 0.2) is 66.7 Å². The zero-order chi connectivity index (χ0) is 24.1. The molecule has 0 aliphatic heterocycles. The molecule has 1 heterocycles. The van der Waals surface area contributed by atoms with Gasteiger partial charge in [-0.25, -0.2) is 4.98 Å². The predicted octanol–water partition coefficient (Wildman–Crippen LogP) is 6.13. The SMILES string of the molecule is CCN(CC)CCNC(=O)c1ccc2c(c1)nc(-c1ccc(Cl)cc1)n2Cc1ccc(Cl)cc1. The van der Waals surface area contributed by atoms with Gasteiger partial charge in [0.15, 0.2) is 0 Å².